The molecule has 1 fully saturated rings. The molecule has 43 heavy (non-hydrogen) atoms. The van der Waals surface area contributed by atoms with Crippen LogP contribution in [0.3, 0.4) is 0 Å². The largest absolute Gasteiger partial charge is 0.490 e. The van der Waals surface area contributed by atoms with Crippen LogP contribution in [0.2, 0.25) is 0 Å². The number of rotatable bonds is 10. The van der Waals surface area contributed by atoms with E-state index in [0.29, 0.717) is 28.3 Å². The first kappa shape index (κ1) is 30.5. The molecule has 1 aliphatic heterocycles. The summed E-state index contributed by atoms with van der Waals surface area (Å²) in [6, 6.07) is 8.41. The molecule has 1 N–H and O–H groups in total. The third-order valence-electron chi connectivity index (χ3n) is 5.62. The summed E-state index contributed by atoms with van der Waals surface area (Å²) in [5, 5.41) is 23.6. The number of nitro groups is 2. The van der Waals surface area contributed by atoms with E-state index in [1.54, 1.807) is 6.92 Å². The summed E-state index contributed by atoms with van der Waals surface area (Å²) in [6.07, 6.45) is 1.30. The van der Waals surface area contributed by atoms with Crippen LogP contribution in [0.25, 0.3) is 6.08 Å². The molecule has 0 saturated carbocycles. The monoisotopic (exact) mass is 618 g/mol. The van der Waals surface area contributed by atoms with Gasteiger partial charge in [-0.15, -0.1) is 0 Å². The van der Waals surface area contributed by atoms with Crippen molar-refractivity contribution in [1.82, 2.24) is 4.90 Å². The van der Waals surface area contributed by atoms with Crippen molar-refractivity contribution in [1.29, 1.82) is 0 Å². The fourth-order valence-corrected chi connectivity index (χ4v) is 4.52. The number of non-ortho nitro benzene ring substituents is 1. The van der Waals surface area contributed by atoms with Gasteiger partial charge in [-0.1, -0.05) is 6.07 Å². The fourth-order valence-electron chi connectivity index (χ4n) is 3.68. The Kier molecular flexibility index (Phi) is 8.94. The van der Waals surface area contributed by atoms with Crippen molar-refractivity contribution in [3.8, 4) is 17.2 Å². The molecule has 4 rings (SSSR count). The first-order chi connectivity index (χ1) is 20.4. The van der Waals surface area contributed by atoms with Gasteiger partial charge in [-0.25, -0.2) is 13.2 Å². The van der Waals surface area contributed by atoms with E-state index in [9.17, 15) is 47.8 Å². The summed E-state index contributed by atoms with van der Waals surface area (Å²) in [6.45, 7) is 0.936. The van der Waals surface area contributed by atoms with Gasteiger partial charge in [-0.2, -0.15) is 0 Å². The normalized spacial score (nSPS) is 13.8. The Hall–Kier alpha value is -5.45. The summed E-state index contributed by atoms with van der Waals surface area (Å²) >= 11 is 0.500. The molecule has 1 heterocycles. The van der Waals surface area contributed by atoms with Crippen LogP contribution < -0.4 is 14.8 Å². The number of hydrogen-bond donors (Lipinski definition) is 1. The van der Waals surface area contributed by atoms with Crippen LogP contribution in [-0.4, -0.2) is 45.0 Å². The van der Waals surface area contributed by atoms with Gasteiger partial charge in [0.1, 0.15) is 6.54 Å². The van der Waals surface area contributed by atoms with Gasteiger partial charge in [0.05, 0.1) is 33.1 Å². The molecule has 1 aliphatic rings. The van der Waals surface area contributed by atoms with Gasteiger partial charge in [0.2, 0.25) is 11.7 Å². The number of thioether (sulfide) groups is 1. The molecule has 3 aromatic carbocycles. The number of nitrogens with zero attached hydrogens (tertiary/aromatic N) is 3. The number of amides is 3. The van der Waals surface area contributed by atoms with Crippen LogP contribution in [0.1, 0.15) is 12.5 Å². The standard InChI is InChI=1S/C26H17F3N4O9S/c1-2-41-20-9-13(3-7-19(20)42-18-8-4-14(32(37)38)11-17(18)33(39)40)10-21-25(35)31(26(36)43-21)12-22(34)30-16-6-5-15(27)23(28)24(16)29/h3-11H,2,12H2,1H3,(H,30,34)/b21-10+. The van der Waals surface area contributed by atoms with E-state index >= 15 is 0 Å². The molecule has 1 saturated heterocycles. The van der Waals surface area contributed by atoms with Crippen molar-refractivity contribution in [2.45, 2.75) is 6.92 Å². The predicted octanol–water partition coefficient (Wildman–Crippen LogP) is 5.79. The first-order valence-corrected chi connectivity index (χ1v) is 12.8. The quantitative estimate of drug-likeness (QED) is 0.127. The van der Waals surface area contributed by atoms with Crippen molar-refractivity contribution in [2.75, 3.05) is 18.5 Å². The number of carbonyl (C=O) groups is 3. The van der Waals surface area contributed by atoms with Crippen LogP contribution in [-0.2, 0) is 9.59 Å². The maximum atomic E-state index is 13.9. The number of nitro benzene ring substituents is 2. The lowest BCUT2D eigenvalue weighted by molar-refractivity contribution is -0.394. The van der Waals surface area contributed by atoms with E-state index in [1.165, 1.54) is 24.3 Å². The average Bonchev–Trinajstić information content (AvgIpc) is 3.21. The lowest BCUT2D eigenvalue weighted by Crippen LogP contribution is -2.36. The third kappa shape index (κ3) is 6.72. The molecule has 0 radical (unpaired) electrons. The number of nitrogens with one attached hydrogen (secondary N) is 1. The minimum absolute atomic E-state index is 0.00481. The number of ether oxygens (including phenoxy) is 2. The number of benzene rings is 3. The molecule has 0 spiro atoms. The second-order valence-corrected chi connectivity index (χ2v) is 9.44. The Balaban J connectivity index is 1.53. The fraction of sp³-hybridized carbons (Fsp3) is 0.115. The zero-order chi connectivity index (χ0) is 31.4. The van der Waals surface area contributed by atoms with Gasteiger partial charge in [0.25, 0.3) is 16.8 Å². The zero-order valence-electron chi connectivity index (χ0n) is 21.7. The summed E-state index contributed by atoms with van der Waals surface area (Å²) < 4.78 is 51.6. The second-order valence-electron chi connectivity index (χ2n) is 8.45. The Morgan fingerprint density at radius 3 is 2.37 bits per heavy atom. The highest BCUT2D eigenvalue weighted by Gasteiger charge is 2.36. The molecule has 17 heteroatoms. The smallest absolute Gasteiger partial charge is 0.318 e. The van der Waals surface area contributed by atoms with E-state index in [-0.39, 0.29) is 28.8 Å². The lowest BCUT2D eigenvalue weighted by atomic mass is 10.1. The Labute approximate surface area is 243 Å². The molecule has 0 atom stereocenters. The van der Waals surface area contributed by atoms with Crippen LogP contribution in [0.15, 0.2) is 53.4 Å². The summed E-state index contributed by atoms with van der Waals surface area (Å²) in [5.41, 5.74) is -1.53. The van der Waals surface area contributed by atoms with E-state index in [2.05, 4.69) is 0 Å². The zero-order valence-corrected chi connectivity index (χ0v) is 22.5. The summed E-state index contributed by atoms with van der Waals surface area (Å²) in [5.74, 6) is -7.05. The molecule has 0 aliphatic carbocycles. The second kappa shape index (κ2) is 12.6. The number of carbonyl (C=O) groups excluding carboxylic acids is 3. The molecular weight excluding hydrogens is 601 g/mol. The minimum atomic E-state index is -1.80. The van der Waals surface area contributed by atoms with Gasteiger partial charge in [0, 0.05) is 6.07 Å². The number of imide groups is 1. The van der Waals surface area contributed by atoms with Crippen LogP contribution in [0, 0.1) is 37.7 Å². The first-order valence-electron chi connectivity index (χ1n) is 12.0. The van der Waals surface area contributed by atoms with Gasteiger partial charge >= 0.3 is 5.69 Å². The Morgan fingerprint density at radius 2 is 1.70 bits per heavy atom. The van der Waals surface area contributed by atoms with Crippen molar-refractivity contribution in [2.24, 2.45) is 0 Å². The number of halogens is 3. The third-order valence-corrected chi connectivity index (χ3v) is 6.53. The Morgan fingerprint density at radius 1 is 0.977 bits per heavy atom. The van der Waals surface area contributed by atoms with Crippen molar-refractivity contribution in [3.63, 3.8) is 0 Å². The van der Waals surface area contributed by atoms with Crippen LogP contribution in [0.4, 0.5) is 35.0 Å². The maximum Gasteiger partial charge on any atom is 0.318 e. The van der Waals surface area contributed by atoms with Crippen LogP contribution in [0.5, 0.6) is 17.2 Å². The molecule has 0 aromatic heterocycles. The van der Waals surface area contributed by atoms with Gasteiger partial charge in [-0.3, -0.25) is 39.5 Å². The number of hydrogen-bond acceptors (Lipinski definition) is 10. The van der Waals surface area contributed by atoms with E-state index in [1.807, 2.05) is 5.32 Å². The summed E-state index contributed by atoms with van der Waals surface area (Å²) in [4.78, 5) is 58.9. The van der Waals surface area contributed by atoms with Gasteiger partial charge < -0.3 is 14.8 Å². The molecule has 0 bridgehead atoms. The highest BCUT2D eigenvalue weighted by atomic mass is 32.2. The van der Waals surface area contributed by atoms with Gasteiger partial charge in [-0.05, 0) is 60.7 Å². The van der Waals surface area contributed by atoms with Crippen molar-refractivity contribution < 1.29 is 46.9 Å². The van der Waals surface area contributed by atoms with E-state index in [4.69, 9.17) is 9.47 Å². The average molecular weight is 619 g/mol. The molecule has 13 nitrogen and oxygen atoms in total. The predicted molar refractivity (Wildman–Crippen MR) is 145 cm³/mol. The molecular formula is C26H17F3N4O9S. The molecule has 0 unspecified atom stereocenters. The van der Waals surface area contributed by atoms with Crippen molar-refractivity contribution in [3.05, 3.63) is 96.7 Å². The molecule has 3 aromatic rings. The van der Waals surface area contributed by atoms with E-state index in [0.717, 1.165) is 24.3 Å². The van der Waals surface area contributed by atoms with Crippen molar-refractivity contribution >= 4 is 52.0 Å². The Bertz CT molecular complexity index is 1720. The maximum absolute atomic E-state index is 13.9. The minimum Gasteiger partial charge on any atom is -0.490 e. The highest BCUT2D eigenvalue weighted by molar-refractivity contribution is 8.18. The highest BCUT2D eigenvalue weighted by Crippen LogP contribution is 2.39. The molecule has 3 amide bonds. The van der Waals surface area contributed by atoms with E-state index < -0.39 is 68.0 Å². The van der Waals surface area contributed by atoms with Crippen LogP contribution >= 0.6 is 11.8 Å². The van der Waals surface area contributed by atoms with Gasteiger partial charge in [0.15, 0.2) is 29.0 Å². The number of anilines is 1. The molecule has 222 valence electrons. The SMILES string of the molecule is CCOc1cc(/C=C2/SC(=O)N(CC(=O)Nc3ccc(F)c(F)c3F)C2=O)ccc1Oc1ccc([N+](=O)[O-])cc1[N+](=O)[O-]. The lowest BCUT2D eigenvalue weighted by Gasteiger charge is -2.13. The summed E-state index contributed by atoms with van der Waals surface area (Å²) in [7, 11) is 0. The topological polar surface area (TPSA) is 171 Å².